The number of carbonyl (C=O) groups is 1. The van der Waals surface area contributed by atoms with Crippen molar-refractivity contribution in [1.82, 2.24) is 0 Å². The zero-order valence-electron chi connectivity index (χ0n) is 9.45. The van der Waals surface area contributed by atoms with Gasteiger partial charge in [-0.05, 0) is 24.6 Å². The molecule has 0 bridgehead atoms. The van der Waals surface area contributed by atoms with Gasteiger partial charge in [0.2, 0.25) is 0 Å². The van der Waals surface area contributed by atoms with E-state index in [1.54, 1.807) is 0 Å². The third-order valence-corrected chi connectivity index (χ3v) is 2.57. The van der Waals surface area contributed by atoms with Crippen LogP contribution in [0.25, 0.3) is 0 Å². The van der Waals surface area contributed by atoms with Crippen molar-refractivity contribution in [1.29, 1.82) is 0 Å². The van der Waals surface area contributed by atoms with Crippen molar-refractivity contribution >= 4 is 11.7 Å². The second-order valence-electron chi connectivity index (χ2n) is 3.90. The van der Waals surface area contributed by atoms with E-state index in [4.69, 9.17) is 4.74 Å². The normalized spacial score (nSPS) is 18.0. The molecule has 1 heterocycles. The van der Waals surface area contributed by atoms with Crippen molar-refractivity contribution in [3.05, 3.63) is 23.8 Å². The highest BCUT2D eigenvalue weighted by Crippen LogP contribution is 2.30. The molecule has 86 valence electrons. The topological polar surface area (TPSA) is 47.6 Å². The summed E-state index contributed by atoms with van der Waals surface area (Å²) in [6, 6.07) is 5.94. The summed E-state index contributed by atoms with van der Waals surface area (Å²) in [4.78, 5) is 11.1. The zero-order valence-corrected chi connectivity index (χ0v) is 9.45. The van der Waals surface area contributed by atoms with Gasteiger partial charge in [0.25, 0.3) is 0 Å². The molecule has 1 aliphatic rings. The lowest BCUT2D eigenvalue weighted by molar-refractivity contribution is -0.142. The maximum Gasteiger partial charge on any atom is 0.309 e. The number of benzene rings is 1. The first-order valence-corrected chi connectivity index (χ1v) is 5.27. The van der Waals surface area contributed by atoms with Crippen LogP contribution in [-0.2, 0) is 9.53 Å². The molecule has 1 aromatic carbocycles. The number of methoxy groups -OCH3 is 1. The third kappa shape index (κ3) is 2.27. The first kappa shape index (κ1) is 10.8. The Morgan fingerprint density at radius 2 is 2.44 bits per heavy atom. The van der Waals surface area contributed by atoms with Crippen LogP contribution >= 0.6 is 0 Å². The van der Waals surface area contributed by atoms with Crippen LogP contribution in [-0.4, -0.2) is 25.7 Å². The highest BCUT2D eigenvalue weighted by Gasteiger charge is 2.21. The Labute approximate surface area is 94.6 Å². The van der Waals surface area contributed by atoms with Gasteiger partial charge in [-0.1, -0.05) is 6.07 Å². The van der Waals surface area contributed by atoms with Crippen LogP contribution in [0.15, 0.2) is 18.2 Å². The standard InChI is InChI=1S/C12H15NO3/c1-8-3-4-11-10(5-8)13-7-9(16-11)6-12(14)15-2/h3-5,9,13H,6-7H2,1-2H3. The number of hydrogen-bond acceptors (Lipinski definition) is 4. The van der Waals surface area contributed by atoms with Crippen LogP contribution in [0.3, 0.4) is 0 Å². The Bertz CT molecular complexity index is 403. The predicted octanol–water partition coefficient (Wildman–Crippen LogP) is 1.73. The molecule has 1 aromatic rings. The molecule has 0 saturated heterocycles. The average molecular weight is 221 g/mol. The first-order valence-electron chi connectivity index (χ1n) is 5.27. The second-order valence-corrected chi connectivity index (χ2v) is 3.90. The fourth-order valence-electron chi connectivity index (χ4n) is 1.71. The monoisotopic (exact) mass is 221 g/mol. The molecule has 0 fully saturated rings. The van der Waals surface area contributed by atoms with E-state index in [0.29, 0.717) is 6.54 Å². The lowest BCUT2D eigenvalue weighted by Crippen LogP contribution is -2.33. The van der Waals surface area contributed by atoms with Gasteiger partial charge in [-0.25, -0.2) is 0 Å². The van der Waals surface area contributed by atoms with Crippen LogP contribution in [0.5, 0.6) is 5.75 Å². The highest BCUT2D eigenvalue weighted by atomic mass is 16.5. The number of fused-ring (bicyclic) bond motifs is 1. The van der Waals surface area contributed by atoms with E-state index in [2.05, 4.69) is 10.1 Å². The molecule has 4 heteroatoms. The number of ether oxygens (including phenoxy) is 2. The fraction of sp³-hybridized carbons (Fsp3) is 0.417. The van der Waals surface area contributed by atoms with Crippen molar-refractivity contribution in [3.63, 3.8) is 0 Å². The van der Waals surface area contributed by atoms with Gasteiger partial charge in [0.15, 0.2) is 0 Å². The maximum absolute atomic E-state index is 11.1. The van der Waals surface area contributed by atoms with E-state index < -0.39 is 0 Å². The third-order valence-electron chi connectivity index (χ3n) is 2.57. The average Bonchev–Trinajstić information content (AvgIpc) is 2.29. The quantitative estimate of drug-likeness (QED) is 0.773. The minimum Gasteiger partial charge on any atom is -0.486 e. The SMILES string of the molecule is COC(=O)CC1CNc2cc(C)ccc2O1. The molecule has 0 radical (unpaired) electrons. The van der Waals surface area contributed by atoms with E-state index in [1.165, 1.54) is 12.7 Å². The molecular formula is C12H15NO3. The van der Waals surface area contributed by atoms with Crippen LogP contribution in [0.2, 0.25) is 0 Å². The molecule has 2 rings (SSSR count). The highest BCUT2D eigenvalue weighted by molar-refractivity contribution is 5.70. The summed E-state index contributed by atoms with van der Waals surface area (Å²) in [6.45, 7) is 2.66. The van der Waals surface area contributed by atoms with Crippen LogP contribution in [0, 0.1) is 6.92 Å². The minimum absolute atomic E-state index is 0.150. The smallest absolute Gasteiger partial charge is 0.309 e. The summed E-state index contributed by atoms with van der Waals surface area (Å²) in [5.41, 5.74) is 2.17. The van der Waals surface area contributed by atoms with Crippen molar-refractivity contribution in [2.24, 2.45) is 0 Å². The Hall–Kier alpha value is -1.71. The molecule has 0 amide bonds. The minimum atomic E-state index is -0.248. The molecule has 0 aromatic heterocycles. The molecule has 16 heavy (non-hydrogen) atoms. The van der Waals surface area contributed by atoms with Crippen molar-refractivity contribution in [2.75, 3.05) is 19.0 Å². The van der Waals surface area contributed by atoms with Gasteiger partial charge in [0.05, 0.1) is 25.8 Å². The Kier molecular flexibility index (Phi) is 2.99. The molecular weight excluding hydrogens is 206 g/mol. The van der Waals surface area contributed by atoms with Gasteiger partial charge in [0, 0.05) is 0 Å². The van der Waals surface area contributed by atoms with Crippen molar-refractivity contribution in [3.8, 4) is 5.75 Å². The van der Waals surface area contributed by atoms with Crippen molar-refractivity contribution < 1.29 is 14.3 Å². The van der Waals surface area contributed by atoms with Gasteiger partial charge in [-0.3, -0.25) is 4.79 Å². The number of rotatable bonds is 2. The Balaban J connectivity index is 2.06. The number of hydrogen-bond donors (Lipinski definition) is 1. The number of nitrogens with one attached hydrogen (secondary N) is 1. The van der Waals surface area contributed by atoms with E-state index in [-0.39, 0.29) is 18.5 Å². The summed E-state index contributed by atoms with van der Waals surface area (Å²) in [7, 11) is 1.38. The molecule has 1 N–H and O–H groups in total. The molecule has 0 saturated carbocycles. The van der Waals surface area contributed by atoms with Gasteiger partial charge in [-0.15, -0.1) is 0 Å². The predicted molar refractivity (Wildman–Crippen MR) is 60.7 cm³/mol. The molecule has 0 spiro atoms. The second kappa shape index (κ2) is 4.43. The summed E-state index contributed by atoms with van der Waals surface area (Å²) >= 11 is 0. The summed E-state index contributed by atoms with van der Waals surface area (Å²) in [5, 5.41) is 3.25. The van der Waals surface area contributed by atoms with E-state index >= 15 is 0 Å². The number of aryl methyl sites for hydroxylation is 1. The van der Waals surface area contributed by atoms with Crippen LogP contribution in [0.4, 0.5) is 5.69 Å². The number of carbonyl (C=O) groups excluding carboxylic acids is 1. The van der Waals surface area contributed by atoms with Gasteiger partial charge >= 0.3 is 5.97 Å². The largest absolute Gasteiger partial charge is 0.486 e. The number of anilines is 1. The summed E-state index contributed by atoms with van der Waals surface area (Å²) < 4.78 is 10.3. The molecule has 4 nitrogen and oxygen atoms in total. The van der Waals surface area contributed by atoms with Crippen molar-refractivity contribution in [2.45, 2.75) is 19.4 Å². The van der Waals surface area contributed by atoms with Gasteiger partial charge < -0.3 is 14.8 Å². The van der Waals surface area contributed by atoms with Gasteiger partial charge in [-0.2, -0.15) is 0 Å². The molecule has 0 aliphatic carbocycles. The molecule has 1 unspecified atom stereocenters. The van der Waals surface area contributed by atoms with Gasteiger partial charge in [0.1, 0.15) is 11.9 Å². The van der Waals surface area contributed by atoms with Crippen LogP contribution in [0.1, 0.15) is 12.0 Å². The summed E-state index contributed by atoms with van der Waals surface area (Å²) in [5.74, 6) is 0.549. The molecule has 1 aliphatic heterocycles. The lowest BCUT2D eigenvalue weighted by atomic mass is 10.1. The van der Waals surface area contributed by atoms with E-state index in [1.807, 2.05) is 25.1 Å². The van der Waals surface area contributed by atoms with E-state index in [9.17, 15) is 4.79 Å². The Morgan fingerprint density at radius 1 is 1.62 bits per heavy atom. The maximum atomic E-state index is 11.1. The first-order chi connectivity index (χ1) is 7.69. The fourth-order valence-corrected chi connectivity index (χ4v) is 1.71. The number of esters is 1. The lowest BCUT2D eigenvalue weighted by Gasteiger charge is -2.26. The molecule has 1 atom stereocenters. The Morgan fingerprint density at radius 3 is 3.19 bits per heavy atom. The summed E-state index contributed by atoms with van der Waals surface area (Å²) in [6.07, 6.45) is 0.124. The zero-order chi connectivity index (χ0) is 11.5. The van der Waals surface area contributed by atoms with Crippen LogP contribution < -0.4 is 10.1 Å². The van der Waals surface area contributed by atoms with E-state index in [0.717, 1.165) is 11.4 Å².